The number of nitrogens with zero attached hydrogens (tertiary/aromatic N) is 2. The Labute approximate surface area is 69.6 Å². The number of aryl methyl sites for hydroxylation is 1. The zero-order chi connectivity index (χ0) is 9.14. The van der Waals surface area contributed by atoms with Crippen molar-refractivity contribution >= 4 is 5.97 Å². The maximum absolute atomic E-state index is 10.4. The lowest BCUT2D eigenvalue weighted by molar-refractivity contribution is -0.136. The highest BCUT2D eigenvalue weighted by atomic mass is 16.5. The van der Waals surface area contributed by atoms with Gasteiger partial charge in [-0.05, 0) is 0 Å². The topological polar surface area (TPSA) is 64.4 Å². The van der Waals surface area contributed by atoms with Crippen molar-refractivity contribution in [3.63, 3.8) is 0 Å². The number of carbonyl (C=O) groups is 1. The lowest BCUT2D eigenvalue weighted by Gasteiger charge is -1.95. The fourth-order valence-corrected chi connectivity index (χ4v) is 0.973. The predicted octanol–water partition coefficient (Wildman–Crippen LogP) is 0.0558. The number of rotatable bonds is 3. The average molecular weight is 170 g/mol. The van der Waals surface area contributed by atoms with Crippen LogP contribution in [0.4, 0.5) is 0 Å². The van der Waals surface area contributed by atoms with Crippen molar-refractivity contribution in [1.29, 1.82) is 0 Å². The molecule has 5 heteroatoms. The lowest BCUT2D eigenvalue weighted by atomic mass is 10.2. The number of aliphatic carboxylic acids is 1. The van der Waals surface area contributed by atoms with Crippen LogP contribution in [0.15, 0.2) is 6.20 Å². The Morgan fingerprint density at radius 2 is 2.50 bits per heavy atom. The Balaban J connectivity index is 2.89. The van der Waals surface area contributed by atoms with Crippen LogP contribution in [0.25, 0.3) is 0 Å². The van der Waals surface area contributed by atoms with Gasteiger partial charge in [-0.15, -0.1) is 5.10 Å². The third-order valence-corrected chi connectivity index (χ3v) is 1.40. The van der Waals surface area contributed by atoms with Crippen LogP contribution in [0.5, 0.6) is 5.88 Å². The van der Waals surface area contributed by atoms with Gasteiger partial charge in [-0.2, -0.15) is 0 Å². The van der Waals surface area contributed by atoms with Crippen LogP contribution >= 0.6 is 0 Å². The van der Waals surface area contributed by atoms with Crippen molar-refractivity contribution < 1.29 is 14.6 Å². The molecule has 0 fully saturated rings. The molecule has 0 bridgehead atoms. The molecule has 1 aromatic rings. The van der Waals surface area contributed by atoms with Gasteiger partial charge >= 0.3 is 5.97 Å². The molecule has 0 spiro atoms. The number of hydrogen-bond donors (Lipinski definition) is 1. The fourth-order valence-electron chi connectivity index (χ4n) is 0.973. The second kappa shape index (κ2) is 3.25. The van der Waals surface area contributed by atoms with Crippen LogP contribution in [0.3, 0.4) is 0 Å². The standard InChI is InChI=1S/C7H10N2O3/c1-9-4-5(3-6(10)11)7(8-9)12-2/h4H,3H2,1-2H3,(H,10,11). The summed E-state index contributed by atoms with van der Waals surface area (Å²) in [7, 11) is 3.18. The first-order chi connectivity index (χ1) is 5.63. The second-order valence-corrected chi connectivity index (χ2v) is 2.41. The summed E-state index contributed by atoms with van der Waals surface area (Å²) in [6.45, 7) is 0. The Bertz CT molecular complexity index is 293. The van der Waals surface area contributed by atoms with E-state index in [1.54, 1.807) is 13.2 Å². The van der Waals surface area contributed by atoms with E-state index in [4.69, 9.17) is 9.84 Å². The van der Waals surface area contributed by atoms with Crippen molar-refractivity contribution in [2.75, 3.05) is 7.11 Å². The van der Waals surface area contributed by atoms with Crippen LogP contribution < -0.4 is 4.74 Å². The number of ether oxygens (including phenoxy) is 1. The van der Waals surface area contributed by atoms with E-state index in [-0.39, 0.29) is 6.42 Å². The Morgan fingerprint density at radius 1 is 1.83 bits per heavy atom. The second-order valence-electron chi connectivity index (χ2n) is 2.41. The Hall–Kier alpha value is -1.52. The molecule has 0 saturated carbocycles. The van der Waals surface area contributed by atoms with Gasteiger partial charge in [-0.1, -0.05) is 0 Å². The summed E-state index contributed by atoms with van der Waals surface area (Å²) in [5.41, 5.74) is 0.590. The van der Waals surface area contributed by atoms with Gasteiger partial charge in [0.2, 0.25) is 5.88 Å². The molecule has 0 atom stereocenters. The van der Waals surface area contributed by atoms with E-state index in [9.17, 15) is 4.79 Å². The smallest absolute Gasteiger partial charge is 0.308 e. The summed E-state index contributed by atoms with van der Waals surface area (Å²) in [4.78, 5) is 10.4. The van der Waals surface area contributed by atoms with E-state index >= 15 is 0 Å². The molecule has 0 aliphatic carbocycles. The minimum atomic E-state index is -0.888. The molecule has 5 nitrogen and oxygen atoms in total. The number of carboxylic acid groups (broad SMARTS) is 1. The minimum Gasteiger partial charge on any atom is -0.481 e. The summed E-state index contributed by atoms with van der Waals surface area (Å²) in [5.74, 6) is -0.513. The van der Waals surface area contributed by atoms with Crippen molar-refractivity contribution in [2.45, 2.75) is 6.42 Å². The van der Waals surface area contributed by atoms with Crippen LogP contribution in [0.1, 0.15) is 5.56 Å². The van der Waals surface area contributed by atoms with Crippen molar-refractivity contribution in [2.24, 2.45) is 7.05 Å². The van der Waals surface area contributed by atoms with E-state index in [1.807, 2.05) is 0 Å². The number of hydrogen-bond acceptors (Lipinski definition) is 3. The third-order valence-electron chi connectivity index (χ3n) is 1.40. The highest BCUT2D eigenvalue weighted by Gasteiger charge is 2.10. The highest BCUT2D eigenvalue weighted by molar-refractivity contribution is 5.70. The molecule has 0 saturated heterocycles. The molecule has 0 amide bonds. The molecule has 1 heterocycles. The minimum absolute atomic E-state index is 0.0585. The lowest BCUT2D eigenvalue weighted by Crippen LogP contribution is -2.00. The average Bonchev–Trinajstić information content (AvgIpc) is 2.29. The van der Waals surface area contributed by atoms with Crippen LogP contribution in [-0.4, -0.2) is 28.0 Å². The molecule has 1 N–H and O–H groups in total. The third kappa shape index (κ3) is 1.75. The first-order valence-electron chi connectivity index (χ1n) is 3.41. The molecule has 1 aromatic heterocycles. The SMILES string of the molecule is COc1nn(C)cc1CC(=O)O. The monoisotopic (exact) mass is 170 g/mol. The largest absolute Gasteiger partial charge is 0.481 e. The predicted molar refractivity (Wildman–Crippen MR) is 41.1 cm³/mol. The Kier molecular flexibility index (Phi) is 2.32. The molecule has 0 radical (unpaired) electrons. The molecular weight excluding hydrogens is 160 g/mol. The molecule has 0 aliphatic rings. The van der Waals surface area contributed by atoms with Crippen molar-refractivity contribution in [3.8, 4) is 5.88 Å². The van der Waals surface area contributed by atoms with E-state index in [2.05, 4.69) is 5.10 Å². The van der Waals surface area contributed by atoms with Gasteiger partial charge in [0.05, 0.1) is 13.5 Å². The quantitative estimate of drug-likeness (QED) is 0.696. The summed E-state index contributed by atoms with van der Waals surface area (Å²) < 4.78 is 6.40. The highest BCUT2D eigenvalue weighted by Crippen LogP contribution is 2.14. The van der Waals surface area contributed by atoms with Crippen LogP contribution in [0.2, 0.25) is 0 Å². The zero-order valence-electron chi connectivity index (χ0n) is 6.94. The summed E-state index contributed by atoms with van der Waals surface area (Å²) >= 11 is 0. The van der Waals surface area contributed by atoms with E-state index in [0.717, 1.165) is 0 Å². The van der Waals surface area contributed by atoms with Gasteiger partial charge in [0.25, 0.3) is 0 Å². The molecule has 0 unspecified atom stereocenters. The summed E-state index contributed by atoms with van der Waals surface area (Å²) in [6.07, 6.45) is 1.57. The normalized spacial score (nSPS) is 9.83. The van der Waals surface area contributed by atoms with Crippen LogP contribution in [0, 0.1) is 0 Å². The molecule has 66 valence electrons. The molecule has 0 aromatic carbocycles. The first kappa shape index (κ1) is 8.58. The Morgan fingerprint density at radius 3 is 3.00 bits per heavy atom. The van der Waals surface area contributed by atoms with Gasteiger partial charge < -0.3 is 9.84 Å². The van der Waals surface area contributed by atoms with Gasteiger partial charge in [0.1, 0.15) is 0 Å². The zero-order valence-corrected chi connectivity index (χ0v) is 6.94. The van der Waals surface area contributed by atoms with Gasteiger partial charge in [0.15, 0.2) is 0 Å². The summed E-state index contributed by atoms with van der Waals surface area (Å²) in [5, 5.41) is 12.4. The number of methoxy groups -OCH3 is 1. The molecule has 1 rings (SSSR count). The van der Waals surface area contributed by atoms with Gasteiger partial charge in [0, 0.05) is 18.8 Å². The van der Waals surface area contributed by atoms with Crippen molar-refractivity contribution in [1.82, 2.24) is 9.78 Å². The maximum Gasteiger partial charge on any atom is 0.308 e. The van der Waals surface area contributed by atoms with E-state index in [0.29, 0.717) is 11.4 Å². The summed E-state index contributed by atoms with van der Waals surface area (Å²) in [6, 6.07) is 0. The molecule has 0 aliphatic heterocycles. The van der Waals surface area contributed by atoms with Gasteiger partial charge in [-0.3, -0.25) is 9.48 Å². The van der Waals surface area contributed by atoms with E-state index in [1.165, 1.54) is 11.8 Å². The van der Waals surface area contributed by atoms with Crippen molar-refractivity contribution in [3.05, 3.63) is 11.8 Å². The first-order valence-corrected chi connectivity index (χ1v) is 3.41. The fraction of sp³-hybridized carbons (Fsp3) is 0.429. The number of aromatic nitrogens is 2. The number of carboxylic acids is 1. The molecule has 12 heavy (non-hydrogen) atoms. The van der Waals surface area contributed by atoms with Gasteiger partial charge in [-0.25, -0.2) is 0 Å². The van der Waals surface area contributed by atoms with E-state index < -0.39 is 5.97 Å². The van der Waals surface area contributed by atoms with Crippen LogP contribution in [-0.2, 0) is 18.3 Å². The maximum atomic E-state index is 10.4. The molecular formula is C7H10N2O3.